The summed E-state index contributed by atoms with van der Waals surface area (Å²) in [7, 11) is 0. The first-order chi connectivity index (χ1) is 12.9. The summed E-state index contributed by atoms with van der Waals surface area (Å²) < 4.78 is 0. The van der Waals surface area contributed by atoms with E-state index in [0.717, 1.165) is 11.1 Å². The van der Waals surface area contributed by atoms with Crippen molar-refractivity contribution in [3.8, 4) is 0 Å². The lowest BCUT2D eigenvalue weighted by atomic mass is 10.1. The molecule has 7 nitrogen and oxygen atoms in total. The molecule has 0 saturated heterocycles. The Balaban J connectivity index is 1.62. The zero-order chi connectivity index (χ0) is 19.4. The van der Waals surface area contributed by atoms with Crippen molar-refractivity contribution in [1.82, 2.24) is 15.5 Å². The van der Waals surface area contributed by atoms with Gasteiger partial charge in [0.2, 0.25) is 11.8 Å². The van der Waals surface area contributed by atoms with Crippen molar-refractivity contribution in [3.63, 3.8) is 0 Å². The Labute approximate surface area is 155 Å². The minimum absolute atomic E-state index is 0.118. The van der Waals surface area contributed by atoms with E-state index >= 15 is 0 Å². The molecule has 1 heterocycles. The standard InChI is InChI=1S/C20H20N4O3/c1-12-7-8-13(2)16(9-12)22-19(26)10-18(25)21-11-17-14-5-3-4-6-15(14)20(27)24-23-17/h3-9H,10-11H2,1-2H3,(H,21,25)(H,22,26)(H,24,27). The Bertz CT molecular complexity index is 1070. The molecule has 0 atom stereocenters. The Hall–Kier alpha value is -3.48. The van der Waals surface area contributed by atoms with Crippen molar-refractivity contribution in [2.75, 3.05) is 5.32 Å². The van der Waals surface area contributed by atoms with E-state index in [1.165, 1.54) is 0 Å². The molecule has 2 aromatic carbocycles. The van der Waals surface area contributed by atoms with E-state index in [2.05, 4.69) is 20.8 Å². The van der Waals surface area contributed by atoms with Crippen LogP contribution in [0.3, 0.4) is 0 Å². The van der Waals surface area contributed by atoms with E-state index in [9.17, 15) is 14.4 Å². The number of benzene rings is 2. The maximum atomic E-state index is 12.1. The molecule has 27 heavy (non-hydrogen) atoms. The third kappa shape index (κ3) is 4.38. The zero-order valence-corrected chi connectivity index (χ0v) is 15.1. The van der Waals surface area contributed by atoms with Crippen LogP contribution in [0, 0.1) is 13.8 Å². The highest BCUT2D eigenvalue weighted by Crippen LogP contribution is 2.16. The predicted molar refractivity (Wildman–Crippen MR) is 103 cm³/mol. The molecule has 3 rings (SSSR count). The van der Waals surface area contributed by atoms with Gasteiger partial charge in [0.25, 0.3) is 5.56 Å². The number of hydrogen-bond acceptors (Lipinski definition) is 4. The Kier molecular flexibility index (Phi) is 5.30. The van der Waals surface area contributed by atoms with Crippen LogP contribution in [0.5, 0.6) is 0 Å². The molecule has 2 amide bonds. The van der Waals surface area contributed by atoms with E-state index in [0.29, 0.717) is 22.2 Å². The molecule has 3 aromatic rings. The fraction of sp³-hybridized carbons (Fsp3) is 0.200. The van der Waals surface area contributed by atoms with Crippen LogP contribution >= 0.6 is 0 Å². The van der Waals surface area contributed by atoms with E-state index in [1.54, 1.807) is 24.3 Å². The molecule has 3 N–H and O–H groups in total. The molecule has 0 aliphatic rings. The maximum absolute atomic E-state index is 12.1. The molecular weight excluding hydrogens is 344 g/mol. The Morgan fingerprint density at radius 1 is 1.04 bits per heavy atom. The van der Waals surface area contributed by atoms with Gasteiger partial charge in [0.05, 0.1) is 17.6 Å². The van der Waals surface area contributed by atoms with Crippen molar-refractivity contribution in [2.45, 2.75) is 26.8 Å². The monoisotopic (exact) mass is 364 g/mol. The van der Waals surface area contributed by atoms with Crippen LogP contribution in [-0.2, 0) is 16.1 Å². The van der Waals surface area contributed by atoms with Crippen LogP contribution in [0.15, 0.2) is 47.3 Å². The maximum Gasteiger partial charge on any atom is 0.272 e. The summed E-state index contributed by atoms with van der Waals surface area (Å²) in [5.74, 6) is -0.810. The first kappa shape index (κ1) is 18.3. The lowest BCUT2D eigenvalue weighted by Gasteiger charge is -2.10. The fourth-order valence-electron chi connectivity index (χ4n) is 2.76. The second-order valence-corrected chi connectivity index (χ2v) is 6.37. The van der Waals surface area contributed by atoms with E-state index in [-0.39, 0.29) is 24.4 Å². The normalized spacial score (nSPS) is 10.6. The van der Waals surface area contributed by atoms with E-state index in [4.69, 9.17) is 0 Å². The van der Waals surface area contributed by atoms with Gasteiger partial charge in [-0.15, -0.1) is 0 Å². The lowest BCUT2D eigenvalue weighted by Crippen LogP contribution is -2.28. The summed E-state index contributed by atoms with van der Waals surface area (Å²) in [6, 6.07) is 12.8. The number of fused-ring (bicyclic) bond motifs is 1. The van der Waals surface area contributed by atoms with E-state index < -0.39 is 5.91 Å². The van der Waals surface area contributed by atoms with Gasteiger partial charge in [-0.1, -0.05) is 30.3 Å². The number of amides is 2. The van der Waals surface area contributed by atoms with Crippen molar-refractivity contribution >= 4 is 28.3 Å². The zero-order valence-electron chi connectivity index (χ0n) is 15.1. The number of nitrogens with zero attached hydrogens (tertiary/aromatic N) is 1. The number of rotatable bonds is 5. The molecule has 0 unspecified atom stereocenters. The summed E-state index contributed by atoms with van der Waals surface area (Å²) in [5.41, 5.74) is 2.90. The van der Waals surface area contributed by atoms with Crippen LogP contribution in [0.4, 0.5) is 5.69 Å². The Morgan fingerprint density at radius 2 is 1.78 bits per heavy atom. The number of aromatic nitrogens is 2. The number of nitrogens with one attached hydrogen (secondary N) is 3. The molecule has 0 aliphatic carbocycles. The first-order valence-electron chi connectivity index (χ1n) is 8.54. The van der Waals surface area contributed by atoms with E-state index in [1.807, 2.05) is 32.0 Å². The molecule has 0 saturated carbocycles. The first-order valence-corrected chi connectivity index (χ1v) is 8.54. The summed E-state index contributed by atoms with van der Waals surface area (Å²) in [4.78, 5) is 36.0. The van der Waals surface area contributed by atoms with Gasteiger partial charge in [-0.05, 0) is 37.1 Å². The van der Waals surface area contributed by atoms with Crippen molar-refractivity contribution in [3.05, 3.63) is 69.6 Å². The van der Waals surface area contributed by atoms with Gasteiger partial charge < -0.3 is 10.6 Å². The second-order valence-electron chi connectivity index (χ2n) is 6.37. The predicted octanol–water partition coefficient (Wildman–Crippen LogP) is 2.18. The molecular formula is C20H20N4O3. The lowest BCUT2D eigenvalue weighted by molar-refractivity contribution is -0.126. The summed E-state index contributed by atoms with van der Waals surface area (Å²) in [6.07, 6.45) is -0.297. The number of carbonyl (C=O) groups excluding carboxylic acids is 2. The number of anilines is 1. The van der Waals surface area contributed by atoms with Crippen molar-refractivity contribution < 1.29 is 9.59 Å². The van der Waals surface area contributed by atoms with Crippen LogP contribution in [0.25, 0.3) is 10.8 Å². The molecule has 138 valence electrons. The third-order valence-corrected chi connectivity index (χ3v) is 4.22. The van der Waals surface area contributed by atoms with Gasteiger partial charge in [-0.2, -0.15) is 5.10 Å². The van der Waals surface area contributed by atoms with Gasteiger partial charge >= 0.3 is 0 Å². The number of aromatic amines is 1. The quantitative estimate of drug-likeness (QED) is 0.604. The van der Waals surface area contributed by atoms with Crippen molar-refractivity contribution in [1.29, 1.82) is 0 Å². The fourth-order valence-corrected chi connectivity index (χ4v) is 2.76. The van der Waals surface area contributed by atoms with Gasteiger partial charge in [0.1, 0.15) is 6.42 Å². The minimum atomic E-state index is -0.421. The van der Waals surface area contributed by atoms with Gasteiger partial charge in [0, 0.05) is 11.1 Å². The summed E-state index contributed by atoms with van der Waals surface area (Å²) in [6.45, 7) is 3.94. The minimum Gasteiger partial charge on any atom is -0.350 e. The highest BCUT2D eigenvalue weighted by molar-refractivity contribution is 6.03. The Morgan fingerprint density at radius 3 is 2.56 bits per heavy atom. The van der Waals surface area contributed by atoms with Gasteiger partial charge in [0.15, 0.2) is 0 Å². The number of H-pyrrole nitrogens is 1. The molecule has 0 radical (unpaired) electrons. The highest BCUT2D eigenvalue weighted by atomic mass is 16.2. The number of carbonyl (C=O) groups is 2. The van der Waals surface area contributed by atoms with Gasteiger partial charge in [-0.25, -0.2) is 5.10 Å². The SMILES string of the molecule is Cc1ccc(C)c(NC(=O)CC(=O)NCc2n[nH]c(=O)c3ccccc23)c1. The molecule has 0 spiro atoms. The third-order valence-electron chi connectivity index (χ3n) is 4.22. The highest BCUT2D eigenvalue weighted by Gasteiger charge is 2.12. The van der Waals surface area contributed by atoms with Crippen LogP contribution in [0.2, 0.25) is 0 Å². The smallest absolute Gasteiger partial charge is 0.272 e. The summed E-state index contributed by atoms with van der Waals surface area (Å²) >= 11 is 0. The number of hydrogen-bond donors (Lipinski definition) is 3. The van der Waals surface area contributed by atoms with Crippen LogP contribution < -0.4 is 16.2 Å². The average molecular weight is 364 g/mol. The van der Waals surface area contributed by atoms with Crippen LogP contribution in [0.1, 0.15) is 23.2 Å². The van der Waals surface area contributed by atoms with Crippen LogP contribution in [-0.4, -0.2) is 22.0 Å². The second kappa shape index (κ2) is 7.82. The topological polar surface area (TPSA) is 104 Å². The molecule has 0 aliphatic heterocycles. The van der Waals surface area contributed by atoms with Crippen molar-refractivity contribution in [2.24, 2.45) is 0 Å². The molecule has 7 heteroatoms. The molecule has 0 bridgehead atoms. The summed E-state index contributed by atoms with van der Waals surface area (Å²) in [5, 5.41) is 13.0. The molecule has 1 aromatic heterocycles. The largest absolute Gasteiger partial charge is 0.350 e. The number of aryl methyl sites for hydroxylation is 2. The average Bonchev–Trinajstić information content (AvgIpc) is 2.64. The molecule has 0 fully saturated rings. The van der Waals surface area contributed by atoms with Gasteiger partial charge in [-0.3, -0.25) is 14.4 Å².